The third-order valence-electron chi connectivity index (χ3n) is 1.41. The molecule has 0 aliphatic heterocycles. The highest BCUT2D eigenvalue weighted by Crippen LogP contribution is 2.19. The van der Waals surface area contributed by atoms with Crippen LogP contribution >= 0.6 is 0 Å². The molecule has 0 heterocycles. The van der Waals surface area contributed by atoms with Gasteiger partial charge in [0.15, 0.2) is 0 Å². The summed E-state index contributed by atoms with van der Waals surface area (Å²) in [6.07, 6.45) is 0. The molecule has 11 heavy (non-hydrogen) atoms. The highest BCUT2D eigenvalue weighted by atomic mass is 19.1. The summed E-state index contributed by atoms with van der Waals surface area (Å²) in [5.41, 5.74) is 1.10. The van der Waals surface area contributed by atoms with Gasteiger partial charge in [-0.25, -0.2) is 4.39 Å². The lowest BCUT2D eigenvalue weighted by Crippen LogP contribution is -1.84. The molecule has 0 aromatic heterocycles. The molecule has 0 unspecified atom stereocenters. The second kappa shape index (κ2) is 2.74. The van der Waals surface area contributed by atoms with Crippen molar-refractivity contribution in [2.75, 3.05) is 0 Å². The van der Waals surface area contributed by atoms with Crippen LogP contribution in [0.2, 0.25) is 0 Å². The average Bonchev–Trinajstić information content (AvgIpc) is 1.85. The summed E-state index contributed by atoms with van der Waals surface area (Å²) in [7, 11) is 0. The first-order valence-electron chi connectivity index (χ1n) is 3.25. The monoisotopic (exact) mass is 152 g/mol. The average molecular weight is 152 g/mol. The van der Waals surface area contributed by atoms with Gasteiger partial charge in [-0.2, -0.15) is 0 Å². The lowest BCUT2D eigenvalue weighted by molar-refractivity contribution is 0.469. The first kappa shape index (κ1) is 7.79. The molecule has 1 nitrogen and oxygen atoms in total. The minimum Gasteiger partial charge on any atom is -0.508 e. The van der Waals surface area contributed by atoms with Crippen molar-refractivity contribution < 1.29 is 9.50 Å². The van der Waals surface area contributed by atoms with Gasteiger partial charge in [-0.1, -0.05) is 6.58 Å². The van der Waals surface area contributed by atoms with Crippen molar-refractivity contribution in [2.45, 2.75) is 6.92 Å². The summed E-state index contributed by atoms with van der Waals surface area (Å²) in [5, 5.41) is 8.85. The molecule has 0 atom stereocenters. The Morgan fingerprint density at radius 1 is 1.55 bits per heavy atom. The standard InChI is InChI=1S/C9H9FO/c1-6(2)8-4-3-7(11)5-9(8)10/h3-5,11H,1H2,2H3. The quantitative estimate of drug-likeness (QED) is 0.655. The Morgan fingerprint density at radius 2 is 2.18 bits per heavy atom. The fourth-order valence-electron chi connectivity index (χ4n) is 0.850. The minimum absolute atomic E-state index is 0.0625. The summed E-state index contributed by atoms with van der Waals surface area (Å²) in [5.74, 6) is -0.495. The van der Waals surface area contributed by atoms with E-state index in [0.29, 0.717) is 11.1 Å². The Balaban J connectivity index is 3.20. The van der Waals surface area contributed by atoms with Gasteiger partial charge in [0.25, 0.3) is 0 Å². The van der Waals surface area contributed by atoms with Crippen LogP contribution in [0, 0.1) is 5.82 Å². The second-order valence-electron chi connectivity index (χ2n) is 2.44. The van der Waals surface area contributed by atoms with Crippen molar-refractivity contribution in [3.8, 4) is 5.75 Å². The van der Waals surface area contributed by atoms with E-state index in [2.05, 4.69) is 6.58 Å². The van der Waals surface area contributed by atoms with E-state index in [1.807, 2.05) is 0 Å². The SMILES string of the molecule is C=C(C)c1ccc(O)cc1F. The third-order valence-corrected chi connectivity index (χ3v) is 1.41. The number of aromatic hydroxyl groups is 1. The fraction of sp³-hybridized carbons (Fsp3) is 0.111. The molecule has 0 aliphatic carbocycles. The third kappa shape index (κ3) is 1.58. The molecular formula is C9H9FO. The maximum atomic E-state index is 12.9. The molecule has 0 spiro atoms. The van der Waals surface area contributed by atoms with Crippen LogP contribution in [0.15, 0.2) is 24.8 Å². The van der Waals surface area contributed by atoms with Crippen LogP contribution < -0.4 is 0 Å². The summed E-state index contributed by atoms with van der Waals surface area (Å²) < 4.78 is 12.9. The number of phenols is 1. The number of rotatable bonds is 1. The van der Waals surface area contributed by atoms with Gasteiger partial charge in [-0.05, 0) is 24.6 Å². The second-order valence-corrected chi connectivity index (χ2v) is 2.44. The predicted octanol–water partition coefficient (Wildman–Crippen LogP) is 2.56. The van der Waals surface area contributed by atoms with Gasteiger partial charge in [0.2, 0.25) is 0 Å². The van der Waals surface area contributed by atoms with Crippen LogP contribution in [-0.4, -0.2) is 5.11 Å². The Kier molecular flexibility index (Phi) is 1.94. The maximum absolute atomic E-state index is 12.9. The van der Waals surface area contributed by atoms with E-state index in [4.69, 9.17) is 5.11 Å². The van der Waals surface area contributed by atoms with Crippen molar-refractivity contribution in [3.05, 3.63) is 36.2 Å². The van der Waals surface area contributed by atoms with E-state index in [9.17, 15) is 4.39 Å². The van der Waals surface area contributed by atoms with Crippen molar-refractivity contribution in [1.82, 2.24) is 0 Å². The lowest BCUT2D eigenvalue weighted by atomic mass is 10.1. The van der Waals surface area contributed by atoms with Crippen LogP contribution in [0.1, 0.15) is 12.5 Å². The normalized spacial score (nSPS) is 9.64. The van der Waals surface area contributed by atoms with Crippen molar-refractivity contribution in [3.63, 3.8) is 0 Å². The number of phenolic OH excluding ortho intramolecular Hbond substituents is 1. The fourth-order valence-corrected chi connectivity index (χ4v) is 0.850. The van der Waals surface area contributed by atoms with E-state index >= 15 is 0 Å². The Morgan fingerprint density at radius 3 is 2.64 bits per heavy atom. The van der Waals surface area contributed by atoms with Crippen LogP contribution in [-0.2, 0) is 0 Å². The van der Waals surface area contributed by atoms with Crippen LogP contribution in [0.5, 0.6) is 5.75 Å². The van der Waals surface area contributed by atoms with Crippen molar-refractivity contribution in [1.29, 1.82) is 0 Å². The Hall–Kier alpha value is -1.31. The van der Waals surface area contributed by atoms with Crippen LogP contribution in [0.3, 0.4) is 0 Å². The molecule has 0 aliphatic rings. The minimum atomic E-state index is -0.433. The molecule has 2 heteroatoms. The van der Waals surface area contributed by atoms with Crippen molar-refractivity contribution >= 4 is 5.57 Å². The molecule has 0 saturated heterocycles. The molecule has 1 aromatic carbocycles. The molecule has 0 amide bonds. The summed E-state index contributed by atoms with van der Waals surface area (Å²) in [6, 6.07) is 4.02. The van der Waals surface area contributed by atoms with E-state index in [1.54, 1.807) is 6.92 Å². The Labute approximate surface area is 64.8 Å². The molecular weight excluding hydrogens is 143 g/mol. The molecule has 0 bridgehead atoms. The van der Waals surface area contributed by atoms with Gasteiger partial charge >= 0.3 is 0 Å². The smallest absolute Gasteiger partial charge is 0.134 e. The highest BCUT2D eigenvalue weighted by molar-refractivity contribution is 5.62. The number of benzene rings is 1. The zero-order valence-corrected chi connectivity index (χ0v) is 6.26. The molecule has 1 aromatic rings. The van der Waals surface area contributed by atoms with Gasteiger partial charge in [-0.3, -0.25) is 0 Å². The maximum Gasteiger partial charge on any atom is 0.134 e. The molecule has 0 fully saturated rings. The van der Waals surface area contributed by atoms with E-state index in [1.165, 1.54) is 12.1 Å². The van der Waals surface area contributed by atoms with E-state index in [0.717, 1.165) is 6.07 Å². The molecule has 0 radical (unpaired) electrons. The topological polar surface area (TPSA) is 20.2 Å². The Bertz CT molecular complexity index is 292. The number of hydrogen-bond acceptors (Lipinski definition) is 1. The molecule has 1 N–H and O–H groups in total. The van der Waals surface area contributed by atoms with Crippen molar-refractivity contribution in [2.24, 2.45) is 0 Å². The van der Waals surface area contributed by atoms with E-state index in [-0.39, 0.29) is 5.75 Å². The largest absolute Gasteiger partial charge is 0.508 e. The molecule has 1 rings (SSSR count). The molecule has 58 valence electrons. The van der Waals surface area contributed by atoms with E-state index < -0.39 is 5.82 Å². The predicted molar refractivity (Wildman–Crippen MR) is 42.8 cm³/mol. The summed E-state index contributed by atoms with van der Waals surface area (Å²) >= 11 is 0. The zero-order chi connectivity index (χ0) is 8.43. The van der Waals surface area contributed by atoms with Gasteiger partial charge in [0.05, 0.1) is 0 Å². The number of hydrogen-bond donors (Lipinski definition) is 1. The number of allylic oxidation sites excluding steroid dienone is 1. The summed E-state index contributed by atoms with van der Waals surface area (Å²) in [4.78, 5) is 0. The van der Waals surface area contributed by atoms with Crippen LogP contribution in [0.25, 0.3) is 5.57 Å². The molecule has 0 saturated carbocycles. The number of halogens is 1. The highest BCUT2D eigenvalue weighted by Gasteiger charge is 2.02. The summed E-state index contributed by atoms with van der Waals surface area (Å²) in [6.45, 7) is 5.31. The van der Waals surface area contributed by atoms with Gasteiger partial charge in [0, 0.05) is 11.6 Å². The lowest BCUT2D eigenvalue weighted by Gasteiger charge is -2.00. The first-order chi connectivity index (χ1) is 5.11. The zero-order valence-electron chi connectivity index (χ0n) is 6.26. The van der Waals surface area contributed by atoms with Crippen LogP contribution in [0.4, 0.5) is 4.39 Å². The van der Waals surface area contributed by atoms with Gasteiger partial charge < -0.3 is 5.11 Å². The van der Waals surface area contributed by atoms with Gasteiger partial charge in [-0.15, -0.1) is 0 Å². The first-order valence-corrected chi connectivity index (χ1v) is 3.25. The van der Waals surface area contributed by atoms with Gasteiger partial charge in [0.1, 0.15) is 11.6 Å².